The van der Waals surface area contributed by atoms with E-state index in [0.29, 0.717) is 0 Å². The predicted octanol–water partition coefficient (Wildman–Crippen LogP) is 3.84. The van der Waals surface area contributed by atoms with Crippen molar-refractivity contribution in [3.05, 3.63) is 83.3 Å². The topological polar surface area (TPSA) is 9.23 Å². The summed E-state index contributed by atoms with van der Waals surface area (Å²) in [7, 11) is 1.07. The average molecular weight is 382 g/mol. The highest BCUT2D eigenvalue weighted by atomic mass is 79.9. The molecule has 3 aromatic carbocycles. The molecule has 113 valence electrons. The van der Waals surface area contributed by atoms with E-state index in [0.717, 1.165) is 10.2 Å². The van der Waals surface area contributed by atoms with Gasteiger partial charge in [-0.05, 0) is 30.7 Å². The Hall–Kier alpha value is -1.57. The van der Waals surface area contributed by atoms with Gasteiger partial charge in [0.15, 0.2) is 0 Å². The van der Waals surface area contributed by atoms with E-state index in [1.54, 1.807) is 7.11 Å². The molecule has 23 heavy (non-hydrogen) atoms. The summed E-state index contributed by atoms with van der Waals surface area (Å²) in [5.41, 5.74) is 0. The van der Waals surface area contributed by atoms with E-state index in [4.69, 9.17) is 4.74 Å². The molecule has 0 unspecified atom stereocenters. The van der Waals surface area contributed by atoms with Crippen LogP contribution in [0.25, 0.3) is 0 Å². The number of halogens is 1. The molecule has 0 saturated heterocycles. The molecule has 0 spiro atoms. The minimum Gasteiger partial charge on any atom is -0.496 e. The maximum absolute atomic E-state index is 5.61. The first-order valence-electron chi connectivity index (χ1n) is 7.04. The van der Waals surface area contributed by atoms with Gasteiger partial charge in [-0.2, -0.15) is 0 Å². The van der Waals surface area contributed by atoms with Crippen LogP contribution in [0.3, 0.4) is 0 Å². The summed E-state index contributed by atoms with van der Waals surface area (Å²) in [5.74, 6) is 0.938. The molecule has 0 aliphatic heterocycles. The van der Waals surface area contributed by atoms with Crippen molar-refractivity contribution in [2.75, 3.05) is 7.11 Å². The van der Waals surface area contributed by atoms with Crippen LogP contribution in [-0.4, -0.2) is 15.5 Å². The Balaban J connectivity index is 0.00000192. The molecule has 0 aromatic heterocycles. The predicted molar refractivity (Wildman–Crippen MR) is 105 cm³/mol. The van der Waals surface area contributed by atoms with E-state index in [9.17, 15) is 0 Å². The van der Waals surface area contributed by atoms with Gasteiger partial charge in [0.05, 0.1) is 7.11 Å². The summed E-state index contributed by atoms with van der Waals surface area (Å²) >= 11 is 3.71. The molecule has 0 fully saturated rings. The fourth-order valence-corrected chi connectivity index (χ4v) is 5.68. The SMILES string of the molecule is COc1ccccc1[P@@](c1ccccc1)c1ccccc1Br.[B]. The molecule has 4 heteroatoms. The summed E-state index contributed by atoms with van der Waals surface area (Å²) in [6.07, 6.45) is 0. The first-order valence-corrected chi connectivity index (χ1v) is 9.17. The number of para-hydroxylation sites is 1. The second kappa shape index (κ2) is 8.33. The largest absolute Gasteiger partial charge is 0.496 e. The second-order valence-corrected chi connectivity index (χ2v) is 7.80. The van der Waals surface area contributed by atoms with Gasteiger partial charge < -0.3 is 4.74 Å². The van der Waals surface area contributed by atoms with Crippen LogP contribution in [0.4, 0.5) is 0 Å². The molecule has 1 atom stereocenters. The third-order valence-electron chi connectivity index (χ3n) is 3.43. The van der Waals surface area contributed by atoms with E-state index in [1.165, 1.54) is 15.9 Å². The lowest BCUT2D eigenvalue weighted by Crippen LogP contribution is -2.22. The highest BCUT2D eigenvalue weighted by Gasteiger charge is 2.21. The zero-order valence-corrected chi connectivity index (χ0v) is 15.3. The Bertz CT molecular complexity index is 764. The minimum absolute atomic E-state index is 0. The molecule has 0 saturated carbocycles. The normalized spacial score (nSPS) is 11.4. The van der Waals surface area contributed by atoms with Crippen LogP contribution in [0.15, 0.2) is 83.3 Å². The Morgan fingerprint density at radius 3 is 1.96 bits per heavy atom. The summed E-state index contributed by atoms with van der Waals surface area (Å²) < 4.78 is 6.75. The highest BCUT2D eigenvalue weighted by Crippen LogP contribution is 2.38. The van der Waals surface area contributed by atoms with E-state index in [2.05, 4.69) is 76.6 Å². The maximum Gasteiger partial charge on any atom is 0.127 e. The molecule has 3 radical (unpaired) electrons. The third kappa shape index (κ3) is 3.86. The first kappa shape index (κ1) is 17.8. The molecule has 3 aromatic rings. The van der Waals surface area contributed by atoms with Crippen molar-refractivity contribution in [2.45, 2.75) is 0 Å². The molecule has 1 nitrogen and oxygen atoms in total. The van der Waals surface area contributed by atoms with Crippen molar-refractivity contribution in [1.82, 2.24) is 0 Å². The summed E-state index contributed by atoms with van der Waals surface area (Å²) in [4.78, 5) is 0. The van der Waals surface area contributed by atoms with Crippen molar-refractivity contribution in [1.29, 1.82) is 0 Å². The van der Waals surface area contributed by atoms with Gasteiger partial charge in [-0.25, -0.2) is 0 Å². The lowest BCUT2D eigenvalue weighted by atomic mass is 10.3. The number of benzene rings is 3. The van der Waals surface area contributed by atoms with E-state index in [1.807, 2.05) is 18.2 Å². The second-order valence-electron chi connectivity index (χ2n) is 4.79. The van der Waals surface area contributed by atoms with E-state index >= 15 is 0 Å². The van der Waals surface area contributed by atoms with Crippen LogP contribution in [0.1, 0.15) is 0 Å². The number of methoxy groups -OCH3 is 1. The van der Waals surface area contributed by atoms with Gasteiger partial charge >= 0.3 is 0 Å². The van der Waals surface area contributed by atoms with Crippen molar-refractivity contribution >= 4 is 48.2 Å². The third-order valence-corrected chi connectivity index (χ3v) is 6.97. The van der Waals surface area contributed by atoms with Gasteiger partial charge in [-0.1, -0.05) is 82.7 Å². The number of hydrogen-bond donors (Lipinski definition) is 0. The minimum atomic E-state index is -0.665. The molecule has 0 amide bonds. The van der Waals surface area contributed by atoms with Crippen molar-refractivity contribution in [2.24, 2.45) is 0 Å². The first-order chi connectivity index (χ1) is 10.8. The van der Waals surface area contributed by atoms with Crippen LogP contribution >= 0.6 is 23.9 Å². The van der Waals surface area contributed by atoms with Crippen LogP contribution in [-0.2, 0) is 0 Å². The van der Waals surface area contributed by atoms with Gasteiger partial charge in [0.25, 0.3) is 0 Å². The Kier molecular flexibility index (Phi) is 6.44. The van der Waals surface area contributed by atoms with E-state index < -0.39 is 7.92 Å². The zero-order valence-electron chi connectivity index (χ0n) is 12.8. The van der Waals surface area contributed by atoms with Crippen molar-refractivity contribution in [3.63, 3.8) is 0 Å². The van der Waals surface area contributed by atoms with Gasteiger partial charge in [0, 0.05) is 18.2 Å². The molecule has 0 bridgehead atoms. The van der Waals surface area contributed by atoms with Crippen LogP contribution in [0.5, 0.6) is 5.75 Å². The monoisotopic (exact) mass is 381 g/mol. The fraction of sp³-hybridized carbons (Fsp3) is 0.0526. The Morgan fingerprint density at radius 2 is 1.30 bits per heavy atom. The lowest BCUT2D eigenvalue weighted by molar-refractivity contribution is 0.418. The Labute approximate surface area is 149 Å². The van der Waals surface area contributed by atoms with Crippen LogP contribution in [0.2, 0.25) is 0 Å². The molecule has 0 aliphatic rings. The van der Waals surface area contributed by atoms with Gasteiger partial charge in [-0.15, -0.1) is 0 Å². The molecule has 0 heterocycles. The Morgan fingerprint density at radius 1 is 0.739 bits per heavy atom. The summed E-state index contributed by atoms with van der Waals surface area (Å²) in [6, 6.07) is 27.3. The smallest absolute Gasteiger partial charge is 0.127 e. The number of hydrogen-bond acceptors (Lipinski definition) is 1. The maximum atomic E-state index is 5.61. The zero-order chi connectivity index (χ0) is 15.4. The molecular formula is C19H16BBrOP. The standard InChI is InChI=1S/C19H16BrOP.B/c1-21-17-12-6-8-14-19(17)22(15-9-3-2-4-10-15)18-13-7-5-11-16(18)20;/h2-14H,1H3;/t22-;/m0./s1. The fourth-order valence-electron chi connectivity index (χ4n) is 2.43. The van der Waals surface area contributed by atoms with Gasteiger partial charge in [0.1, 0.15) is 5.75 Å². The van der Waals surface area contributed by atoms with Crippen molar-refractivity contribution < 1.29 is 4.74 Å². The molecule has 0 N–H and O–H groups in total. The van der Waals surface area contributed by atoms with Gasteiger partial charge in [0.2, 0.25) is 0 Å². The number of rotatable bonds is 4. The number of ether oxygens (including phenoxy) is 1. The quantitative estimate of drug-likeness (QED) is 0.493. The highest BCUT2D eigenvalue weighted by molar-refractivity contribution is 9.10. The average Bonchev–Trinajstić information content (AvgIpc) is 2.58. The van der Waals surface area contributed by atoms with Gasteiger partial charge in [-0.3, -0.25) is 0 Å². The van der Waals surface area contributed by atoms with E-state index in [-0.39, 0.29) is 8.41 Å². The summed E-state index contributed by atoms with van der Waals surface area (Å²) in [6.45, 7) is 0. The summed E-state index contributed by atoms with van der Waals surface area (Å²) in [5, 5.41) is 3.85. The lowest BCUT2D eigenvalue weighted by Gasteiger charge is -2.22. The molecule has 0 aliphatic carbocycles. The van der Waals surface area contributed by atoms with Crippen LogP contribution < -0.4 is 20.7 Å². The van der Waals surface area contributed by atoms with Crippen molar-refractivity contribution in [3.8, 4) is 5.75 Å². The molecule has 3 rings (SSSR count). The van der Waals surface area contributed by atoms with Crippen LogP contribution in [0, 0.1) is 0 Å². The molecular weight excluding hydrogens is 366 g/mol.